The van der Waals surface area contributed by atoms with Gasteiger partial charge in [0.15, 0.2) is 0 Å². The Hall–Kier alpha value is -2.55. The minimum Gasteiger partial charge on any atom is -0.395 e. The molecule has 0 spiro atoms. The molecule has 1 aromatic heterocycles. The van der Waals surface area contributed by atoms with Crippen molar-refractivity contribution >= 4 is 5.69 Å². The lowest BCUT2D eigenvalue weighted by molar-refractivity contribution is 0.779. The summed E-state index contributed by atoms with van der Waals surface area (Å²) in [5, 5.41) is 4.55. The molecule has 0 aliphatic carbocycles. The third kappa shape index (κ3) is 1.99. The Kier molecular flexibility index (Phi) is 2.80. The van der Waals surface area contributed by atoms with Crippen molar-refractivity contribution in [1.82, 2.24) is 9.78 Å². The van der Waals surface area contributed by atoms with Crippen LogP contribution in [0.25, 0.3) is 22.5 Å². The molecule has 0 fully saturated rings. The lowest BCUT2D eigenvalue weighted by Crippen LogP contribution is -1.95. The van der Waals surface area contributed by atoms with Crippen molar-refractivity contribution in [3.05, 3.63) is 60.7 Å². The average molecular weight is 249 g/mol. The molecule has 0 aliphatic heterocycles. The average Bonchev–Trinajstić information content (AvgIpc) is 2.76. The number of nitrogens with two attached hydrogens (primary N) is 1. The van der Waals surface area contributed by atoms with Gasteiger partial charge in [0.25, 0.3) is 0 Å². The highest BCUT2D eigenvalue weighted by Crippen LogP contribution is 2.33. The van der Waals surface area contributed by atoms with E-state index in [4.69, 9.17) is 5.73 Å². The molecule has 94 valence electrons. The Bertz CT molecular complexity index is 685. The van der Waals surface area contributed by atoms with Crippen molar-refractivity contribution in [3.8, 4) is 22.5 Å². The standard InChI is InChI=1S/C16H15N3/c1-19-16(13-10-6-3-7-11-13)14(17)15(18-19)12-8-4-2-5-9-12/h2-11H,17H2,1H3. The number of hydrogen-bond acceptors (Lipinski definition) is 2. The first-order valence-electron chi connectivity index (χ1n) is 6.20. The smallest absolute Gasteiger partial charge is 0.116 e. The molecule has 1 heterocycles. The molecule has 0 aliphatic rings. The summed E-state index contributed by atoms with van der Waals surface area (Å²) in [6, 6.07) is 20.1. The van der Waals surface area contributed by atoms with Crippen LogP contribution >= 0.6 is 0 Å². The minimum absolute atomic E-state index is 0.722. The lowest BCUT2D eigenvalue weighted by atomic mass is 10.1. The first-order valence-corrected chi connectivity index (χ1v) is 6.20. The molecular weight excluding hydrogens is 234 g/mol. The zero-order valence-corrected chi connectivity index (χ0v) is 10.7. The second-order valence-electron chi connectivity index (χ2n) is 4.47. The van der Waals surface area contributed by atoms with E-state index in [1.54, 1.807) is 0 Å². The highest BCUT2D eigenvalue weighted by Gasteiger charge is 2.15. The minimum atomic E-state index is 0.722. The molecule has 0 saturated heterocycles. The number of aromatic nitrogens is 2. The number of anilines is 1. The summed E-state index contributed by atoms with van der Waals surface area (Å²) in [7, 11) is 1.92. The Morgan fingerprint density at radius 2 is 1.37 bits per heavy atom. The fraction of sp³-hybridized carbons (Fsp3) is 0.0625. The normalized spacial score (nSPS) is 10.6. The fourth-order valence-corrected chi connectivity index (χ4v) is 2.29. The van der Waals surface area contributed by atoms with Crippen molar-refractivity contribution in [2.24, 2.45) is 7.05 Å². The molecule has 3 heteroatoms. The predicted molar refractivity (Wildman–Crippen MR) is 78.5 cm³/mol. The second kappa shape index (κ2) is 4.61. The van der Waals surface area contributed by atoms with Crippen LogP contribution in [0.5, 0.6) is 0 Å². The second-order valence-corrected chi connectivity index (χ2v) is 4.47. The SMILES string of the molecule is Cn1nc(-c2ccccc2)c(N)c1-c1ccccc1. The van der Waals surface area contributed by atoms with Gasteiger partial charge in [0.1, 0.15) is 5.69 Å². The van der Waals surface area contributed by atoms with E-state index in [1.165, 1.54) is 0 Å². The Balaban J connectivity index is 2.17. The summed E-state index contributed by atoms with van der Waals surface area (Å²) < 4.78 is 1.84. The van der Waals surface area contributed by atoms with Crippen molar-refractivity contribution in [2.45, 2.75) is 0 Å². The summed E-state index contributed by atoms with van der Waals surface area (Å²) in [6.45, 7) is 0. The maximum Gasteiger partial charge on any atom is 0.116 e. The van der Waals surface area contributed by atoms with Crippen LogP contribution < -0.4 is 5.73 Å². The number of nitrogen functional groups attached to an aromatic ring is 1. The third-order valence-corrected chi connectivity index (χ3v) is 3.18. The van der Waals surface area contributed by atoms with Crippen LogP contribution in [0.15, 0.2) is 60.7 Å². The summed E-state index contributed by atoms with van der Waals surface area (Å²) in [4.78, 5) is 0. The predicted octanol–water partition coefficient (Wildman–Crippen LogP) is 3.34. The maximum atomic E-state index is 6.28. The van der Waals surface area contributed by atoms with Crippen LogP contribution in [0.4, 0.5) is 5.69 Å². The molecule has 3 aromatic rings. The summed E-state index contributed by atoms with van der Waals surface area (Å²) in [5.41, 5.74) is 10.9. The van der Waals surface area contributed by atoms with Gasteiger partial charge in [-0.15, -0.1) is 0 Å². The number of hydrogen-bond donors (Lipinski definition) is 1. The van der Waals surface area contributed by atoms with Crippen LogP contribution in [0.2, 0.25) is 0 Å². The highest BCUT2D eigenvalue weighted by molar-refractivity contribution is 5.85. The molecule has 3 rings (SSSR count). The van der Waals surface area contributed by atoms with Gasteiger partial charge in [-0.05, 0) is 0 Å². The maximum absolute atomic E-state index is 6.28. The van der Waals surface area contributed by atoms with E-state index in [-0.39, 0.29) is 0 Å². The monoisotopic (exact) mass is 249 g/mol. The first-order chi connectivity index (χ1) is 9.27. The summed E-state index contributed by atoms with van der Waals surface area (Å²) >= 11 is 0. The van der Waals surface area contributed by atoms with Crippen molar-refractivity contribution in [3.63, 3.8) is 0 Å². The number of rotatable bonds is 2. The molecule has 2 N–H and O–H groups in total. The van der Waals surface area contributed by atoms with E-state index >= 15 is 0 Å². The summed E-state index contributed by atoms with van der Waals surface area (Å²) in [6.07, 6.45) is 0. The van der Waals surface area contributed by atoms with Gasteiger partial charge < -0.3 is 5.73 Å². The quantitative estimate of drug-likeness (QED) is 0.757. The molecule has 2 aromatic carbocycles. The molecule has 0 amide bonds. The largest absolute Gasteiger partial charge is 0.395 e. The number of nitrogens with zero attached hydrogens (tertiary/aromatic N) is 2. The topological polar surface area (TPSA) is 43.8 Å². The van der Waals surface area contributed by atoms with Gasteiger partial charge in [-0.25, -0.2) is 0 Å². The molecule has 3 nitrogen and oxygen atoms in total. The van der Waals surface area contributed by atoms with E-state index in [2.05, 4.69) is 5.10 Å². The van der Waals surface area contributed by atoms with Gasteiger partial charge in [0, 0.05) is 18.2 Å². The summed E-state index contributed by atoms with van der Waals surface area (Å²) in [5.74, 6) is 0. The van der Waals surface area contributed by atoms with Crippen LogP contribution in [-0.4, -0.2) is 9.78 Å². The first kappa shape index (κ1) is 11.5. The van der Waals surface area contributed by atoms with Crippen LogP contribution in [-0.2, 0) is 7.05 Å². The highest BCUT2D eigenvalue weighted by atomic mass is 15.3. The van der Waals surface area contributed by atoms with E-state index in [9.17, 15) is 0 Å². The van der Waals surface area contributed by atoms with Gasteiger partial charge >= 0.3 is 0 Å². The van der Waals surface area contributed by atoms with Gasteiger partial charge in [-0.3, -0.25) is 4.68 Å². The Morgan fingerprint density at radius 3 is 1.95 bits per heavy atom. The van der Waals surface area contributed by atoms with Gasteiger partial charge in [0.2, 0.25) is 0 Å². The van der Waals surface area contributed by atoms with E-state index in [0.717, 1.165) is 28.2 Å². The van der Waals surface area contributed by atoms with Gasteiger partial charge in [-0.2, -0.15) is 5.10 Å². The van der Waals surface area contributed by atoms with Crippen LogP contribution in [0.3, 0.4) is 0 Å². The molecule has 0 bridgehead atoms. The van der Waals surface area contributed by atoms with Crippen molar-refractivity contribution < 1.29 is 0 Å². The molecular formula is C16H15N3. The van der Waals surface area contributed by atoms with E-state index < -0.39 is 0 Å². The Labute approximate surface area is 112 Å². The van der Waals surface area contributed by atoms with Crippen molar-refractivity contribution in [2.75, 3.05) is 5.73 Å². The van der Waals surface area contributed by atoms with Crippen LogP contribution in [0, 0.1) is 0 Å². The number of aryl methyl sites for hydroxylation is 1. The molecule has 0 saturated carbocycles. The molecule has 0 radical (unpaired) electrons. The van der Waals surface area contributed by atoms with Crippen LogP contribution in [0.1, 0.15) is 0 Å². The Morgan fingerprint density at radius 1 is 0.842 bits per heavy atom. The zero-order valence-electron chi connectivity index (χ0n) is 10.7. The zero-order chi connectivity index (χ0) is 13.2. The van der Waals surface area contributed by atoms with E-state index in [0.29, 0.717) is 0 Å². The number of benzene rings is 2. The fourth-order valence-electron chi connectivity index (χ4n) is 2.29. The molecule has 0 atom stereocenters. The van der Waals surface area contributed by atoms with Gasteiger partial charge in [-0.1, -0.05) is 60.7 Å². The molecule has 0 unspecified atom stereocenters. The van der Waals surface area contributed by atoms with Gasteiger partial charge in [0.05, 0.1) is 11.4 Å². The lowest BCUT2D eigenvalue weighted by Gasteiger charge is -2.03. The van der Waals surface area contributed by atoms with E-state index in [1.807, 2.05) is 72.4 Å². The molecule has 19 heavy (non-hydrogen) atoms. The van der Waals surface area contributed by atoms with Crippen molar-refractivity contribution in [1.29, 1.82) is 0 Å². The third-order valence-electron chi connectivity index (χ3n) is 3.18.